The maximum atomic E-state index is 15.2. The third-order valence-corrected chi connectivity index (χ3v) is 4.82. The summed E-state index contributed by atoms with van der Waals surface area (Å²) in [7, 11) is 0. The molecule has 1 saturated heterocycles. The van der Waals surface area contributed by atoms with E-state index in [1.54, 1.807) is 14.4 Å². The van der Waals surface area contributed by atoms with E-state index < -0.39 is 17.1 Å². The maximum Gasteiger partial charge on any atom is 0.219 e. The molecule has 134 valence electrons. The number of fused-ring (bicyclic) bond motifs is 1. The fourth-order valence-corrected chi connectivity index (χ4v) is 3.57. The predicted octanol–water partition coefficient (Wildman–Crippen LogP) is 2.36. The SMILES string of the molecule is CCn1ccc(=O)c2cc(F)c(N3CCN(C(C)=O)C(C)C3)c(F)c21. The molecule has 0 saturated carbocycles. The van der Waals surface area contributed by atoms with Crippen molar-refractivity contribution in [2.45, 2.75) is 33.4 Å². The minimum atomic E-state index is -0.751. The Labute approximate surface area is 144 Å². The number of piperazine rings is 1. The number of hydrogen-bond acceptors (Lipinski definition) is 3. The van der Waals surface area contributed by atoms with Crippen molar-refractivity contribution in [1.29, 1.82) is 0 Å². The smallest absolute Gasteiger partial charge is 0.219 e. The average Bonchev–Trinajstić information content (AvgIpc) is 2.55. The van der Waals surface area contributed by atoms with Gasteiger partial charge >= 0.3 is 0 Å². The number of halogens is 2. The number of rotatable bonds is 2. The molecule has 1 aliphatic heterocycles. The average molecular weight is 349 g/mol. The summed E-state index contributed by atoms with van der Waals surface area (Å²) >= 11 is 0. The second-order valence-electron chi connectivity index (χ2n) is 6.39. The highest BCUT2D eigenvalue weighted by Crippen LogP contribution is 2.31. The van der Waals surface area contributed by atoms with E-state index in [4.69, 9.17) is 0 Å². The molecule has 0 N–H and O–H groups in total. The lowest BCUT2D eigenvalue weighted by atomic mass is 10.1. The summed E-state index contributed by atoms with van der Waals surface area (Å²) in [5.41, 5.74) is -0.415. The molecule has 1 amide bonds. The minimum absolute atomic E-state index is 0.0403. The first-order valence-electron chi connectivity index (χ1n) is 8.38. The number of carbonyl (C=O) groups excluding carboxylic acids is 1. The van der Waals surface area contributed by atoms with Gasteiger partial charge < -0.3 is 14.4 Å². The van der Waals surface area contributed by atoms with Crippen molar-refractivity contribution >= 4 is 22.5 Å². The summed E-state index contributed by atoms with van der Waals surface area (Å²) in [6.07, 6.45) is 1.52. The van der Waals surface area contributed by atoms with Crippen molar-refractivity contribution in [3.8, 4) is 0 Å². The zero-order valence-electron chi connectivity index (χ0n) is 14.6. The highest BCUT2D eigenvalue weighted by molar-refractivity contribution is 5.84. The third-order valence-electron chi connectivity index (χ3n) is 4.82. The second-order valence-corrected chi connectivity index (χ2v) is 6.39. The van der Waals surface area contributed by atoms with Gasteiger partial charge in [0, 0.05) is 51.4 Å². The number of nitrogens with zero attached hydrogens (tertiary/aromatic N) is 3. The van der Waals surface area contributed by atoms with Crippen molar-refractivity contribution in [3.05, 3.63) is 40.2 Å². The number of aryl methyl sites for hydroxylation is 1. The first-order chi connectivity index (χ1) is 11.8. The Kier molecular flexibility index (Phi) is 4.49. The van der Waals surface area contributed by atoms with Crippen LogP contribution in [0.2, 0.25) is 0 Å². The minimum Gasteiger partial charge on any atom is -0.363 e. The van der Waals surface area contributed by atoms with Crippen molar-refractivity contribution in [2.75, 3.05) is 24.5 Å². The van der Waals surface area contributed by atoms with Gasteiger partial charge in [0.1, 0.15) is 11.5 Å². The van der Waals surface area contributed by atoms with Crippen LogP contribution in [0.25, 0.3) is 10.9 Å². The zero-order chi connectivity index (χ0) is 18.3. The van der Waals surface area contributed by atoms with E-state index in [0.29, 0.717) is 26.2 Å². The molecule has 5 nitrogen and oxygen atoms in total. The van der Waals surface area contributed by atoms with Crippen LogP contribution in [0.15, 0.2) is 23.1 Å². The van der Waals surface area contributed by atoms with Crippen LogP contribution >= 0.6 is 0 Å². The molecule has 2 heterocycles. The molecule has 1 fully saturated rings. The molecule has 2 aromatic rings. The third kappa shape index (κ3) is 2.88. The number of amides is 1. The molecule has 0 bridgehead atoms. The van der Waals surface area contributed by atoms with Gasteiger partial charge in [-0.3, -0.25) is 9.59 Å². The van der Waals surface area contributed by atoms with Crippen molar-refractivity contribution < 1.29 is 13.6 Å². The van der Waals surface area contributed by atoms with E-state index in [1.165, 1.54) is 19.2 Å². The highest BCUT2D eigenvalue weighted by atomic mass is 19.1. The zero-order valence-corrected chi connectivity index (χ0v) is 14.6. The Hall–Kier alpha value is -2.44. The van der Waals surface area contributed by atoms with Crippen LogP contribution in [0.5, 0.6) is 0 Å². The lowest BCUT2D eigenvalue weighted by molar-refractivity contribution is -0.131. The number of pyridine rings is 1. The summed E-state index contributed by atoms with van der Waals surface area (Å²) in [6.45, 7) is 6.72. The predicted molar refractivity (Wildman–Crippen MR) is 92.9 cm³/mol. The molecule has 0 spiro atoms. The Bertz CT molecular complexity index is 894. The Morgan fingerprint density at radius 2 is 2.04 bits per heavy atom. The monoisotopic (exact) mass is 349 g/mol. The van der Waals surface area contributed by atoms with Crippen molar-refractivity contribution in [3.63, 3.8) is 0 Å². The topological polar surface area (TPSA) is 45.6 Å². The van der Waals surface area contributed by atoms with E-state index in [-0.39, 0.29) is 28.5 Å². The number of aromatic nitrogens is 1. The summed E-state index contributed by atoms with van der Waals surface area (Å²) in [4.78, 5) is 26.9. The summed E-state index contributed by atoms with van der Waals surface area (Å²) in [6, 6.07) is 2.28. The van der Waals surface area contributed by atoms with Crippen molar-refractivity contribution in [1.82, 2.24) is 9.47 Å². The fraction of sp³-hybridized carbons (Fsp3) is 0.444. The van der Waals surface area contributed by atoms with Gasteiger partial charge in [-0.2, -0.15) is 0 Å². The molecule has 1 aliphatic rings. The van der Waals surface area contributed by atoms with Crippen LogP contribution < -0.4 is 10.3 Å². The van der Waals surface area contributed by atoms with Gasteiger partial charge in [-0.25, -0.2) is 8.78 Å². The molecule has 1 unspecified atom stereocenters. The number of benzene rings is 1. The van der Waals surface area contributed by atoms with Gasteiger partial charge in [-0.1, -0.05) is 0 Å². The highest BCUT2D eigenvalue weighted by Gasteiger charge is 2.30. The van der Waals surface area contributed by atoms with E-state index in [9.17, 15) is 14.0 Å². The van der Waals surface area contributed by atoms with Crippen LogP contribution in [-0.4, -0.2) is 41.1 Å². The van der Waals surface area contributed by atoms with Crippen LogP contribution in [0, 0.1) is 11.6 Å². The molecular weight excluding hydrogens is 328 g/mol. The second kappa shape index (κ2) is 6.46. The quantitative estimate of drug-likeness (QED) is 0.836. The molecule has 3 rings (SSSR count). The molecule has 1 aromatic heterocycles. The lowest BCUT2D eigenvalue weighted by Crippen LogP contribution is -2.54. The number of anilines is 1. The Morgan fingerprint density at radius 1 is 1.32 bits per heavy atom. The van der Waals surface area contributed by atoms with Crippen LogP contribution in [0.3, 0.4) is 0 Å². The van der Waals surface area contributed by atoms with Gasteiger partial charge in [-0.05, 0) is 19.9 Å². The largest absolute Gasteiger partial charge is 0.363 e. The number of hydrogen-bond donors (Lipinski definition) is 0. The first kappa shape index (κ1) is 17.4. The molecule has 25 heavy (non-hydrogen) atoms. The molecule has 1 atom stereocenters. The van der Waals surface area contributed by atoms with Crippen LogP contribution in [0.4, 0.5) is 14.5 Å². The normalized spacial score (nSPS) is 18.0. The van der Waals surface area contributed by atoms with E-state index in [2.05, 4.69) is 0 Å². The molecule has 7 heteroatoms. The summed E-state index contributed by atoms with van der Waals surface area (Å²) < 4.78 is 31.5. The van der Waals surface area contributed by atoms with Crippen LogP contribution in [0.1, 0.15) is 20.8 Å². The van der Waals surface area contributed by atoms with Gasteiger partial charge in [0.2, 0.25) is 5.91 Å². The van der Waals surface area contributed by atoms with E-state index in [0.717, 1.165) is 6.07 Å². The first-order valence-corrected chi connectivity index (χ1v) is 8.38. The van der Waals surface area contributed by atoms with E-state index >= 15 is 4.39 Å². The lowest BCUT2D eigenvalue weighted by Gasteiger charge is -2.40. The Morgan fingerprint density at radius 3 is 2.64 bits per heavy atom. The summed E-state index contributed by atoms with van der Waals surface area (Å²) in [5, 5.41) is 0.0403. The molecule has 1 aromatic carbocycles. The van der Waals surface area contributed by atoms with Gasteiger partial charge in [0.15, 0.2) is 11.2 Å². The molecule has 0 aliphatic carbocycles. The fourth-order valence-electron chi connectivity index (χ4n) is 3.57. The number of carbonyl (C=O) groups is 1. The summed E-state index contributed by atoms with van der Waals surface area (Å²) in [5.74, 6) is -1.52. The molecular formula is C18H21F2N3O2. The molecule has 0 radical (unpaired) electrons. The Balaban J connectivity index is 2.12. The van der Waals surface area contributed by atoms with Crippen LogP contribution in [-0.2, 0) is 11.3 Å². The van der Waals surface area contributed by atoms with E-state index in [1.807, 2.05) is 13.8 Å². The van der Waals surface area contributed by atoms with Gasteiger partial charge in [0.05, 0.1) is 10.9 Å². The maximum absolute atomic E-state index is 15.2. The van der Waals surface area contributed by atoms with Crippen molar-refractivity contribution in [2.24, 2.45) is 0 Å². The standard InChI is InChI=1S/C18H21F2N3O2/c1-4-21-6-5-15(25)13-9-14(19)18(16(20)17(13)21)22-7-8-23(12(3)24)11(2)10-22/h5-6,9,11H,4,7-8,10H2,1-3H3. The van der Waals surface area contributed by atoms with Gasteiger partial charge in [0.25, 0.3) is 0 Å². The van der Waals surface area contributed by atoms with Gasteiger partial charge in [-0.15, -0.1) is 0 Å².